The number of hydrogen-bond acceptors (Lipinski definition) is 2. The molecule has 2 aliphatic heterocycles. The fraction of sp³-hybridized carbons (Fsp3) is 0.120. The molecule has 3 aromatic heterocycles. The molecule has 0 spiro atoms. The molecule has 0 saturated carbocycles. The van der Waals surface area contributed by atoms with Gasteiger partial charge < -0.3 is 9.13 Å². The van der Waals surface area contributed by atoms with Crippen molar-refractivity contribution in [1.29, 1.82) is 0 Å². The van der Waals surface area contributed by atoms with Gasteiger partial charge in [-0.3, -0.25) is 0 Å². The molecule has 0 radical (unpaired) electrons. The summed E-state index contributed by atoms with van der Waals surface area (Å²) in [6.07, 6.45) is 8.75. The van der Waals surface area contributed by atoms with E-state index in [-0.39, 0.29) is 16.5 Å². The minimum atomic E-state index is 0. The molecule has 0 atom stereocenters. The van der Waals surface area contributed by atoms with Gasteiger partial charge in [-0.1, -0.05) is 119 Å². The Bertz CT molecular complexity index is 2450. The van der Waals surface area contributed by atoms with Gasteiger partial charge in [-0.25, -0.2) is 9.97 Å². The zero-order valence-corrected chi connectivity index (χ0v) is 32.9. The third-order valence-electron chi connectivity index (χ3n) is 10.9. The predicted octanol–water partition coefficient (Wildman–Crippen LogP) is 12.6. The summed E-state index contributed by atoms with van der Waals surface area (Å²) in [5.41, 5.74) is 21.9. The second-order valence-corrected chi connectivity index (χ2v) is 14.7. The van der Waals surface area contributed by atoms with Crippen LogP contribution in [0.15, 0.2) is 121 Å². The van der Waals surface area contributed by atoms with E-state index in [0.29, 0.717) is 0 Å². The van der Waals surface area contributed by atoms with Crippen molar-refractivity contribution in [1.82, 2.24) is 19.1 Å². The van der Waals surface area contributed by atoms with E-state index in [2.05, 4.69) is 197 Å². The number of nitrogens with zero attached hydrogens (tertiary/aromatic N) is 4. The Morgan fingerprint density at radius 2 is 0.509 bits per heavy atom. The van der Waals surface area contributed by atoms with Gasteiger partial charge in [-0.15, -0.1) is 0 Å². The molecule has 0 N–H and O–H groups in total. The van der Waals surface area contributed by atoms with Crippen LogP contribution in [-0.2, 0) is 30.6 Å². The van der Waals surface area contributed by atoms with Crippen LogP contribution >= 0.6 is 0 Å². The fourth-order valence-electron chi connectivity index (χ4n) is 7.90. The van der Waals surface area contributed by atoms with Gasteiger partial charge in [0.2, 0.25) is 0 Å². The Hall–Kier alpha value is -6.03. The van der Waals surface area contributed by atoms with Crippen LogP contribution in [0.1, 0.15) is 45.0 Å². The van der Waals surface area contributed by atoms with Gasteiger partial charge in [-0.05, 0) is 98.5 Å². The molecule has 4 aromatic carbocycles. The van der Waals surface area contributed by atoms with Crippen LogP contribution < -0.4 is 0 Å². The predicted molar refractivity (Wildman–Crippen MR) is 229 cm³/mol. The Morgan fingerprint density at radius 1 is 0.309 bits per heavy atom. The first-order valence-electron chi connectivity index (χ1n) is 18.6. The van der Waals surface area contributed by atoms with Crippen molar-refractivity contribution in [2.24, 2.45) is 14.1 Å². The van der Waals surface area contributed by atoms with E-state index in [1.807, 2.05) is 0 Å². The largest absolute Gasteiger partial charge is 0.343 e. The molecular weight excluding hydrogens is 715 g/mol. The first kappa shape index (κ1) is 36.0. The molecule has 9 rings (SSSR count). The maximum atomic E-state index is 5.51. The van der Waals surface area contributed by atoms with E-state index in [4.69, 9.17) is 9.97 Å². The van der Waals surface area contributed by atoms with Crippen molar-refractivity contribution in [3.05, 3.63) is 166 Å². The van der Waals surface area contributed by atoms with Crippen LogP contribution in [0.4, 0.5) is 0 Å². The van der Waals surface area contributed by atoms with Crippen LogP contribution in [0.5, 0.6) is 0 Å². The molecule has 0 aliphatic carbocycles. The minimum Gasteiger partial charge on any atom is -0.343 e. The zero-order chi connectivity index (χ0) is 37.1. The smallest absolute Gasteiger partial charge is 0.0737 e. The molecule has 55 heavy (non-hydrogen) atoms. The molecule has 0 fully saturated rings. The van der Waals surface area contributed by atoms with Gasteiger partial charge in [0.1, 0.15) is 0 Å². The Morgan fingerprint density at radius 3 is 0.709 bits per heavy atom. The number of rotatable bonds is 4. The second-order valence-electron chi connectivity index (χ2n) is 14.7. The molecule has 7 aromatic rings. The van der Waals surface area contributed by atoms with Crippen molar-refractivity contribution < 1.29 is 16.5 Å². The topological polar surface area (TPSA) is 35.6 Å². The normalized spacial score (nSPS) is 11.9. The molecule has 8 bridgehead atoms. The maximum Gasteiger partial charge on any atom is 0.0737 e. The summed E-state index contributed by atoms with van der Waals surface area (Å²) < 4.78 is 4.63. The van der Waals surface area contributed by atoms with Crippen molar-refractivity contribution in [2.75, 3.05) is 0 Å². The van der Waals surface area contributed by atoms with E-state index in [0.717, 1.165) is 89.4 Å². The first-order valence-corrected chi connectivity index (χ1v) is 18.6. The number of hydrogen-bond donors (Lipinski definition) is 0. The van der Waals surface area contributed by atoms with E-state index in [9.17, 15) is 0 Å². The van der Waals surface area contributed by atoms with E-state index in [1.165, 1.54) is 22.3 Å². The van der Waals surface area contributed by atoms with Crippen molar-refractivity contribution in [3.63, 3.8) is 0 Å². The average molecular weight is 758 g/mol. The SMILES string of the molecule is Cc1ccc(-c2c3nc(c(-c4ccc(C)cc4)c4ccc(c(-c5ccc(C)cc5)c5nc(c(-c6ccc(C)cc6)c6ccc2n6C)C=C5)n4C)C=C3)cc1.[Ni]. The quantitative estimate of drug-likeness (QED) is 0.168. The standard InChI is InChI=1S/C50H42N4.Ni/c1-31-7-15-35(16-8-31)47-39-23-24-40(51-39)48(36-17-9-32(2)10-18-36)45-29-30-46(54(45)6)50(38-21-13-34(4)14-22-38)42-26-25-41(52-42)49(37-19-11-33(3)12-20-37)44-28-27-43(47)53(44)5;/h7-30H,1-6H3;. The maximum absolute atomic E-state index is 5.51. The van der Waals surface area contributed by atoms with Crippen LogP contribution in [0.3, 0.4) is 0 Å². The summed E-state index contributed by atoms with van der Waals surface area (Å²) in [6, 6.07) is 44.2. The van der Waals surface area contributed by atoms with Gasteiger partial charge in [0.15, 0.2) is 0 Å². The van der Waals surface area contributed by atoms with Gasteiger partial charge in [0, 0.05) is 52.8 Å². The van der Waals surface area contributed by atoms with Crippen molar-refractivity contribution in [3.8, 4) is 44.5 Å². The molecule has 0 amide bonds. The number of aryl methyl sites for hydroxylation is 6. The number of benzene rings is 4. The first-order chi connectivity index (χ1) is 26.2. The fourth-order valence-corrected chi connectivity index (χ4v) is 7.90. The van der Waals surface area contributed by atoms with Crippen LogP contribution in [-0.4, -0.2) is 19.1 Å². The molecule has 5 heterocycles. The monoisotopic (exact) mass is 756 g/mol. The van der Waals surface area contributed by atoms with E-state index >= 15 is 0 Å². The number of fused-ring (bicyclic) bond motifs is 8. The van der Waals surface area contributed by atoms with Gasteiger partial charge in [0.05, 0.1) is 44.8 Å². The van der Waals surface area contributed by atoms with Gasteiger partial charge in [0.25, 0.3) is 0 Å². The summed E-state index contributed by atoms with van der Waals surface area (Å²) in [5.74, 6) is 0. The van der Waals surface area contributed by atoms with Crippen LogP contribution in [0.2, 0.25) is 0 Å². The molecule has 0 unspecified atom stereocenters. The molecule has 0 saturated heterocycles. The summed E-state index contributed by atoms with van der Waals surface area (Å²) in [4.78, 5) is 11.0. The Balaban J connectivity index is 0.00000427. The third kappa shape index (κ3) is 6.39. The molecule has 2 aliphatic rings. The van der Waals surface area contributed by atoms with Crippen molar-refractivity contribution >= 4 is 46.4 Å². The molecule has 5 heteroatoms. The zero-order valence-electron chi connectivity index (χ0n) is 32.0. The summed E-state index contributed by atoms with van der Waals surface area (Å²) in [6.45, 7) is 8.54. The summed E-state index contributed by atoms with van der Waals surface area (Å²) >= 11 is 0. The number of aromatic nitrogens is 4. The van der Waals surface area contributed by atoms with Gasteiger partial charge >= 0.3 is 0 Å². The second kappa shape index (κ2) is 14.3. The van der Waals surface area contributed by atoms with Gasteiger partial charge in [-0.2, -0.15) is 0 Å². The van der Waals surface area contributed by atoms with E-state index < -0.39 is 0 Å². The Kier molecular flexibility index (Phi) is 9.37. The molecular formula is C50H42N4Ni. The molecule has 4 nitrogen and oxygen atoms in total. The van der Waals surface area contributed by atoms with Crippen LogP contribution in [0, 0.1) is 27.7 Å². The third-order valence-corrected chi connectivity index (χ3v) is 10.9. The molecule has 272 valence electrons. The van der Waals surface area contributed by atoms with Crippen LogP contribution in [0.25, 0.3) is 90.9 Å². The minimum absolute atomic E-state index is 0. The van der Waals surface area contributed by atoms with E-state index in [1.54, 1.807) is 0 Å². The summed E-state index contributed by atoms with van der Waals surface area (Å²) in [7, 11) is 4.34. The summed E-state index contributed by atoms with van der Waals surface area (Å²) in [5, 5.41) is 0. The Labute approximate surface area is 333 Å². The van der Waals surface area contributed by atoms with Crippen molar-refractivity contribution in [2.45, 2.75) is 27.7 Å². The average Bonchev–Trinajstić information content (AvgIpc) is 3.99.